The summed E-state index contributed by atoms with van der Waals surface area (Å²) in [7, 11) is 0. The second kappa shape index (κ2) is 3.83. The fraction of sp³-hybridized carbons (Fsp3) is 0.800. The molecule has 0 aromatic heterocycles. The van der Waals surface area contributed by atoms with Gasteiger partial charge in [0.2, 0.25) is 0 Å². The van der Waals surface area contributed by atoms with Gasteiger partial charge in [-0.25, -0.2) is 0 Å². The van der Waals surface area contributed by atoms with Gasteiger partial charge in [0.1, 0.15) is 11.7 Å². The lowest BCUT2D eigenvalue weighted by Gasteiger charge is -2.52. The lowest BCUT2D eigenvalue weighted by molar-refractivity contribution is -0.183. The van der Waals surface area contributed by atoms with Gasteiger partial charge in [0, 0.05) is 11.8 Å². The minimum Gasteiger partial charge on any atom is -0.455 e. The average molecular weight is 251 g/mol. The van der Waals surface area contributed by atoms with Gasteiger partial charge in [-0.15, -0.1) is 0 Å². The van der Waals surface area contributed by atoms with Crippen molar-refractivity contribution >= 4 is 5.97 Å². The number of rotatable bonds is 0. The highest BCUT2D eigenvalue weighted by Gasteiger charge is 2.65. The van der Waals surface area contributed by atoms with Crippen LogP contribution in [-0.2, 0) is 9.53 Å². The van der Waals surface area contributed by atoms with Crippen molar-refractivity contribution in [3.05, 3.63) is 11.6 Å². The summed E-state index contributed by atoms with van der Waals surface area (Å²) < 4.78 is 5.79. The molecular weight excluding hydrogens is 229 g/mol. The Morgan fingerprint density at radius 2 is 2.06 bits per heavy atom. The van der Waals surface area contributed by atoms with E-state index in [0.29, 0.717) is 5.92 Å². The molecule has 3 heteroatoms. The molecule has 0 radical (unpaired) electrons. The Balaban J connectivity index is 2.10. The van der Waals surface area contributed by atoms with Crippen molar-refractivity contribution in [1.29, 1.82) is 0 Å². The van der Waals surface area contributed by atoms with Crippen molar-refractivity contribution in [2.75, 3.05) is 0 Å². The molecule has 0 aromatic carbocycles. The zero-order chi connectivity index (χ0) is 13.1. The Morgan fingerprint density at radius 3 is 2.78 bits per heavy atom. The average Bonchev–Trinajstić information content (AvgIpc) is 2.59. The Labute approximate surface area is 108 Å². The van der Waals surface area contributed by atoms with E-state index >= 15 is 0 Å². The number of esters is 1. The van der Waals surface area contributed by atoms with Crippen molar-refractivity contribution in [2.45, 2.75) is 51.7 Å². The fourth-order valence-electron chi connectivity index (χ4n) is 4.47. The molecule has 100 valence electrons. The van der Waals surface area contributed by atoms with Gasteiger partial charge < -0.3 is 9.84 Å². The first kappa shape index (κ1) is 12.2. The van der Waals surface area contributed by atoms with Gasteiger partial charge in [0.05, 0.1) is 5.92 Å². The summed E-state index contributed by atoms with van der Waals surface area (Å²) >= 11 is 0. The van der Waals surface area contributed by atoms with Crippen LogP contribution in [0.25, 0.3) is 0 Å². The maximum atomic E-state index is 12.0. The second-order valence-corrected chi connectivity index (χ2v) is 6.42. The third kappa shape index (κ3) is 1.31. The topological polar surface area (TPSA) is 46.5 Å². The van der Waals surface area contributed by atoms with Crippen LogP contribution < -0.4 is 0 Å². The van der Waals surface area contributed by atoms with Gasteiger partial charge in [0.15, 0.2) is 0 Å². The van der Waals surface area contributed by atoms with Crippen molar-refractivity contribution in [2.24, 2.45) is 23.7 Å². The molecule has 3 aliphatic rings. The standard InChI is InChI=1S/C15H22O3/c1-8-4-7-12-10(3)14(17)18-15(12)11(8)6-5-9(2)13(15)16/h5,8,10-13,16H,4,6-7H2,1-3H3/t8-,10-,11+,12+,13-,15+/m1/s1/i2+1. The molecule has 1 aliphatic heterocycles. The van der Waals surface area contributed by atoms with Gasteiger partial charge in [-0.2, -0.15) is 0 Å². The molecule has 6 atom stereocenters. The summed E-state index contributed by atoms with van der Waals surface area (Å²) in [6.07, 6.45) is 4.57. The van der Waals surface area contributed by atoms with Crippen LogP contribution in [0.15, 0.2) is 11.6 Å². The lowest BCUT2D eigenvalue weighted by Crippen LogP contribution is -2.59. The van der Waals surface area contributed by atoms with Gasteiger partial charge in [0.25, 0.3) is 0 Å². The van der Waals surface area contributed by atoms with Crippen LogP contribution in [0.2, 0.25) is 0 Å². The predicted molar refractivity (Wildman–Crippen MR) is 67.7 cm³/mol. The largest absolute Gasteiger partial charge is 0.455 e. The smallest absolute Gasteiger partial charge is 0.309 e. The summed E-state index contributed by atoms with van der Waals surface area (Å²) in [6.45, 7) is 6.12. The highest BCUT2D eigenvalue weighted by molar-refractivity contribution is 5.76. The number of carbonyl (C=O) groups is 1. The molecule has 0 bridgehead atoms. The van der Waals surface area contributed by atoms with E-state index in [9.17, 15) is 9.90 Å². The molecule has 1 saturated heterocycles. The lowest BCUT2D eigenvalue weighted by atomic mass is 9.57. The van der Waals surface area contributed by atoms with Crippen LogP contribution in [0.5, 0.6) is 0 Å². The minimum atomic E-state index is -0.632. The molecule has 1 saturated carbocycles. The first-order valence-corrected chi connectivity index (χ1v) is 7.06. The van der Waals surface area contributed by atoms with E-state index in [1.54, 1.807) is 0 Å². The maximum absolute atomic E-state index is 12.0. The molecule has 0 amide bonds. The molecule has 3 rings (SSSR count). The van der Waals surface area contributed by atoms with Crippen molar-refractivity contribution in [1.82, 2.24) is 0 Å². The number of ether oxygens (including phenoxy) is 1. The zero-order valence-corrected chi connectivity index (χ0v) is 11.3. The Hall–Kier alpha value is -0.830. The SMILES string of the molecule is C[C@@H]1CC[C@H]2[C@@H](C)C(=O)O[C@]23[C@H](O)C([13CH3])=CC[C@@H]13. The highest BCUT2D eigenvalue weighted by atomic mass is 16.6. The minimum absolute atomic E-state index is 0.0689. The number of aliphatic hydroxyl groups excluding tert-OH is 1. The Bertz CT molecular complexity index is 414. The number of carbonyl (C=O) groups excluding carboxylic acids is 1. The van der Waals surface area contributed by atoms with E-state index in [-0.39, 0.29) is 23.7 Å². The monoisotopic (exact) mass is 251 g/mol. The number of allylic oxidation sites excluding steroid dienone is 1. The number of aliphatic hydroxyl groups is 1. The van der Waals surface area contributed by atoms with Gasteiger partial charge >= 0.3 is 5.97 Å². The summed E-state index contributed by atoms with van der Waals surface area (Å²) in [5, 5.41) is 10.6. The van der Waals surface area contributed by atoms with Crippen LogP contribution in [0.3, 0.4) is 0 Å². The summed E-state index contributed by atoms with van der Waals surface area (Å²) in [5.41, 5.74) is 0.333. The van der Waals surface area contributed by atoms with E-state index < -0.39 is 11.7 Å². The predicted octanol–water partition coefficient (Wildman–Crippen LogP) is 2.29. The molecular formula is C15H22O3. The van der Waals surface area contributed by atoms with E-state index in [2.05, 4.69) is 13.0 Å². The molecule has 0 unspecified atom stereocenters. The first-order valence-electron chi connectivity index (χ1n) is 7.06. The molecule has 2 fully saturated rings. The van der Waals surface area contributed by atoms with E-state index in [1.165, 1.54) is 0 Å². The van der Waals surface area contributed by atoms with E-state index in [0.717, 1.165) is 24.8 Å². The zero-order valence-electron chi connectivity index (χ0n) is 11.3. The first-order chi connectivity index (χ1) is 8.48. The molecule has 1 spiro atoms. The Morgan fingerprint density at radius 1 is 1.33 bits per heavy atom. The van der Waals surface area contributed by atoms with Crippen LogP contribution in [0, 0.1) is 23.7 Å². The van der Waals surface area contributed by atoms with E-state index in [4.69, 9.17) is 4.74 Å². The quantitative estimate of drug-likeness (QED) is 0.408. The van der Waals surface area contributed by atoms with Crippen LogP contribution in [-0.4, -0.2) is 22.8 Å². The normalized spacial score (nSPS) is 51.2. The van der Waals surface area contributed by atoms with Crippen LogP contribution in [0.4, 0.5) is 0 Å². The fourth-order valence-corrected chi connectivity index (χ4v) is 4.47. The summed E-state index contributed by atoms with van der Waals surface area (Å²) in [6, 6.07) is 0. The molecule has 2 aliphatic carbocycles. The van der Waals surface area contributed by atoms with Crippen LogP contribution >= 0.6 is 0 Å². The molecule has 0 aromatic rings. The van der Waals surface area contributed by atoms with E-state index in [1.807, 2.05) is 13.8 Å². The molecule has 1 heterocycles. The number of hydrogen-bond acceptors (Lipinski definition) is 3. The maximum Gasteiger partial charge on any atom is 0.309 e. The van der Waals surface area contributed by atoms with Gasteiger partial charge in [-0.3, -0.25) is 4.79 Å². The van der Waals surface area contributed by atoms with Crippen molar-refractivity contribution < 1.29 is 14.6 Å². The van der Waals surface area contributed by atoms with Crippen LogP contribution in [0.1, 0.15) is 40.0 Å². The van der Waals surface area contributed by atoms with Gasteiger partial charge in [-0.1, -0.05) is 19.9 Å². The second-order valence-electron chi connectivity index (χ2n) is 6.42. The van der Waals surface area contributed by atoms with Crippen molar-refractivity contribution in [3.8, 4) is 0 Å². The highest BCUT2D eigenvalue weighted by Crippen LogP contribution is 2.57. The third-order valence-electron chi connectivity index (χ3n) is 5.58. The van der Waals surface area contributed by atoms with Crippen molar-refractivity contribution in [3.63, 3.8) is 0 Å². The molecule has 1 N–H and O–H groups in total. The molecule has 3 nitrogen and oxygen atoms in total. The number of hydrogen-bond donors (Lipinski definition) is 1. The summed E-state index contributed by atoms with van der Waals surface area (Å²) in [4.78, 5) is 12.0. The van der Waals surface area contributed by atoms with Gasteiger partial charge in [-0.05, 0) is 37.7 Å². The summed E-state index contributed by atoms with van der Waals surface area (Å²) in [5.74, 6) is 0.792. The Kier molecular flexibility index (Phi) is 2.60. The molecule has 18 heavy (non-hydrogen) atoms. The third-order valence-corrected chi connectivity index (χ3v) is 5.58.